The zero-order valence-corrected chi connectivity index (χ0v) is 21.4. The lowest BCUT2D eigenvalue weighted by Gasteiger charge is -2.31. The van der Waals surface area contributed by atoms with E-state index in [2.05, 4.69) is 11.5 Å². The van der Waals surface area contributed by atoms with Crippen molar-refractivity contribution in [1.82, 2.24) is 9.80 Å². The fraction of sp³-hybridized carbons (Fsp3) is 0.379. The normalized spacial score (nSPS) is 19.7. The minimum Gasteiger partial charge on any atom is -0.507 e. The molecule has 2 fully saturated rings. The second kappa shape index (κ2) is 12.1. The number of aliphatic hydroxyl groups excluding tert-OH is 1. The van der Waals surface area contributed by atoms with Gasteiger partial charge in [0.25, 0.3) is 11.7 Å². The smallest absolute Gasteiger partial charge is 0.295 e. The number of morpholine rings is 1. The molecular formula is C29H34N2O6. The zero-order valence-electron chi connectivity index (χ0n) is 21.4. The van der Waals surface area contributed by atoms with E-state index in [4.69, 9.17) is 14.2 Å². The van der Waals surface area contributed by atoms with Gasteiger partial charge in [0.05, 0.1) is 31.4 Å². The lowest BCUT2D eigenvalue weighted by molar-refractivity contribution is -0.140. The first-order valence-corrected chi connectivity index (χ1v) is 12.6. The highest BCUT2D eigenvalue weighted by Crippen LogP contribution is 2.40. The number of rotatable bonds is 10. The van der Waals surface area contributed by atoms with E-state index in [0.717, 1.165) is 24.2 Å². The molecule has 0 aromatic heterocycles. The molecule has 196 valence electrons. The standard InChI is InChI=1S/C29H34N2O6/c1-4-16-37-22-8-6-21(7-9-22)26-25(27(32)24-11-10-23(36-5-2)19-20(24)3)28(33)29(34)31(26)13-12-30-14-17-35-18-15-30/h4,6-11,19,26,32H,1,5,12-18H2,2-3H3. The fourth-order valence-electron chi connectivity index (χ4n) is 4.74. The summed E-state index contributed by atoms with van der Waals surface area (Å²) >= 11 is 0. The Hall–Kier alpha value is -3.62. The van der Waals surface area contributed by atoms with Crippen molar-refractivity contribution in [3.8, 4) is 11.5 Å². The number of amides is 1. The molecule has 2 aromatic carbocycles. The summed E-state index contributed by atoms with van der Waals surface area (Å²) in [6, 6.07) is 11.8. The Bertz CT molecular complexity index is 1170. The van der Waals surface area contributed by atoms with Gasteiger partial charge in [0.15, 0.2) is 0 Å². The number of hydrogen-bond donors (Lipinski definition) is 1. The molecule has 2 aromatic rings. The quantitative estimate of drug-likeness (QED) is 0.227. The molecule has 1 unspecified atom stereocenters. The van der Waals surface area contributed by atoms with E-state index >= 15 is 0 Å². The summed E-state index contributed by atoms with van der Waals surface area (Å²) in [6.45, 7) is 12.1. The molecular weight excluding hydrogens is 472 g/mol. The number of aliphatic hydroxyl groups is 1. The molecule has 37 heavy (non-hydrogen) atoms. The summed E-state index contributed by atoms with van der Waals surface area (Å²) in [5.74, 6) is -0.171. The Morgan fingerprint density at radius 3 is 2.43 bits per heavy atom. The fourth-order valence-corrected chi connectivity index (χ4v) is 4.74. The van der Waals surface area contributed by atoms with Crippen molar-refractivity contribution in [2.45, 2.75) is 19.9 Å². The van der Waals surface area contributed by atoms with Crippen molar-refractivity contribution in [3.05, 3.63) is 77.4 Å². The number of carbonyl (C=O) groups excluding carboxylic acids is 2. The van der Waals surface area contributed by atoms with Gasteiger partial charge in [0, 0.05) is 31.7 Å². The zero-order chi connectivity index (χ0) is 26.4. The molecule has 0 aliphatic carbocycles. The van der Waals surface area contributed by atoms with Crippen molar-refractivity contribution in [2.24, 2.45) is 0 Å². The van der Waals surface area contributed by atoms with Crippen LogP contribution in [-0.2, 0) is 14.3 Å². The van der Waals surface area contributed by atoms with Crippen LogP contribution in [0.5, 0.6) is 11.5 Å². The van der Waals surface area contributed by atoms with E-state index in [1.165, 1.54) is 0 Å². The lowest BCUT2D eigenvalue weighted by Crippen LogP contribution is -2.42. The number of aryl methyl sites for hydroxylation is 1. The van der Waals surface area contributed by atoms with Crippen LogP contribution in [0.1, 0.15) is 29.7 Å². The maximum absolute atomic E-state index is 13.4. The molecule has 0 bridgehead atoms. The Morgan fingerprint density at radius 2 is 1.78 bits per heavy atom. The van der Waals surface area contributed by atoms with Gasteiger partial charge in [-0.15, -0.1) is 0 Å². The van der Waals surface area contributed by atoms with E-state index in [-0.39, 0.29) is 11.3 Å². The first-order valence-electron chi connectivity index (χ1n) is 12.6. The number of nitrogens with zero attached hydrogens (tertiary/aromatic N) is 2. The molecule has 0 saturated carbocycles. The van der Waals surface area contributed by atoms with Crippen LogP contribution in [0, 0.1) is 6.92 Å². The molecule has 1 N–H and O–H groups in total. The monoisotopic (exact) mass is 506 g/mol. The average Bonchev–Trinajstić information content (AvgIpc) is 3.16. The van der Waals surface area contributed by atoms with E-state index in [1.807, 2.05) is 32.0 Å². The second-order valence-electron chi connectivity index (χ2n) is 9.02. The average molecular weight is 507 g/mol. The third kappa shape index (κ3) is 5.87. The maximum atomic E-state index is 13.4. The summed E-state index contributed by atoms with van der Waals surface area (Å²) in [4.78, 5) is 30.4. The second-order valence-corrected chi connectivity index (χ2v) is 9.02. The predicted octanol–water partition coefficient (Wildman–Crippen LogP) is 3.71. The SMILES string of the molecule is C=CCOc1ccc(C2C(=C(O)c3ccc(OCC)cc3C)C(=O)C(=O)N2CCN2CCOCC2)cc1. The van der Waals surface area contributed by atoms with Gasteiger partial charge in [0.1, 0.15) is 23.9 Å². The summed E-state index contributed by atoms with van der Waals surface area (Å²) in [6.07, 6.45) is 1.66. The van der Waals surface area contributed by atoms with Crippen LogP contribution in [0.3, 0.4) is 0 Å². The summed E-state index contributed by atoms with van der Waals surface area (Å²) in [5, 5.41) is 11.4. The minimum atomic E-state index is -0.722. The van der Waals surface area contributed by atoms with Gasteiger partial charge in [-0.2, -0.15) is 0 Å². The third-order valence-corrected chi connectivity index (χ3v) is 6.63. The van der Waals surface area contributed by atoms with Crippen LogP contribution >= 0.6 is 0 Å². The predicted molar refractivity (Wildman–Crippen MR) is 141 cm³/mol. The summed E-state index contributed by atoms with van der Waals surface area (Å²) < 4.78 is 16.6. The highest BCUT2D eigenvalue weighted by atomic mass is 16.5. The Balaban J connectivity index is 1.72. The van der Waals surface area contributed by atoms with E-state index < -0.39 is 17.7 Å². The van der Waals surface area contributed by atoms with Gasteiger partial charge in [0.2, 0.25) is 0 Å². The molecule has 2 aliphatic heterocycles. The molecule has 1 amide bonds. The third-order valence-electron chi connectivity index (χ3n) is 6.63. The van der Waals surface area contributed by atoms with Crippen LogP contribution in [0.25, 0.3) is 5.76 Å². The van der Waals surface area contributed by atoms with Gasteiger partial charge in [-0.25, -0.2) is 0 Å². The molecule has 1 atom stereocenters. The topological polar surface area (TPSA) is 88.5 Å². The van der Waals surface area contributed by atoms with Crippen molar-refractivity contribution >= 4 is 17.4 Å². The van der Waals surface area contributed by atoms with Crippen molar-refractivity contribution in [3.63, 3.8) is 0 Å². The molecule has 8 nitrogen and oxygen atoms in total. The van der Waals surface area contributed by atoms with E-state index in [9.17, 15) is 14.7 Å². The highest BCUT2D eigenvalue weighted by Gasteiger charge is 2.46. The number of ether oxygens (including phenoxy) is 3. The van der Waals surface area contributed by atoms with Crippen molar-refractivity contribution in [2.75, 3.05) is 52.6 Å². The largest absolute Gasteiger partial charge is 0.507 e. The molecule has 8 heteroatoms. The lowest BCUT2D eigenvalue weighted by atomic mass is 9.94. The van der Waals surface area contributed by atoms with Crippen molar-refractivity contribution < 1.29 is 28.9 Å². The van der Waals surface area contributed by atoms with Crippen molar-refractivity contribution in [1.29, 1.82) is 0 Å². The number of hydrogen-bond acceptors (Lipinski definition) is 7. The first kappa shape index (κ1) is 26.4. The molecule has 2 heterocycles. The van der Waals surface area contributed by atoms with Gasteiger partial charge >= 0.3 is 0 Å². The number of likely N-dealkylation sites (tertiary alicyclic amines) is 1. The van der Waals surface area contributed by atoms with Gasteiger partial charge in [-0.1, -0.05) is 24.8 Å². The van der Waals surface area contributed by atoms with Crippen LogP contribution in [0.15, 0.2) is 60.7 Å². The summed E-state index contributed by atoms with van der Waals surface area (Å²) in [5.41, 5.74) is 2.04. The molecule has 0 radical (unpaired) electrons. The molecule has 2 aliphatic rings. The first-order chi connectivity index (χ1) is 17.9. The van der Waals surface area contributed by atoms with Crippen LogP contribution in [0.4, 0.5) is 0 Å². The Morgan fingerprint density at radius 1 is 1.08 bits per heavy atom. The van der Waals surface area contributed by atoms with Crippen LogP contribution in [-0.4, -0.2) is 79.2 Å². The van der Waals surface area contributed by atoms with E-state index in [0.29, 0.717) is 56.6 Å². The van der Waals surface area contributed by atoms with Gasteiger partial charge in [-0.05, 0) is 55.3 Å². The number of Topliss-reactive ketones (excluding diaryl/α,β-unsaturated/α-hetero) is 1. The summed E-state index contributed by atoms with van der Waals surface area (Å²) in [7, 11) is 0. The minimum absolute atomic E-state index is 0.0824. The molecule has 0 spiro atoms. The molecule has 4 rings (SSSR count). The van der Waals surface area contributed by atoms with Crippen LogP contribution in [0.2, 0.25) is 0 Å². The van der Waals surface area contributed by atoms with Crippen LogP contribution < -0.4 is 9.47 Å². The van der Waals surface area contributed by atoms with Gasteiger partial charge in [-0.3, -0.25) is 14.5 Å². The van der Waals surface area contributed by atoms with E-state index in [1.54, 1.807) is 35.2 Å². The van der Waals surface area contributed by atoms with Gasteiger partial charge < -0.3 is 24.2 Å². The molecule has 2 saturated heterocycles. The number of benzene rings is 2. The Kier molecular flexibility index (Phi) is 8.63. The maximum Gasteiger partial charge on any atom is 0.295 e. The highest BCUT2D eigenvalue weighted by molar-refractivity contribution is 6.46. The number of ketones is 1. The Labute approximate surface area is 217 Å². The number of carbonyl (C=O) groups is 2.